The summed E-state index contributed by atoms with van der Waals surface area (Å²) in [6, 6.07) is 8.41. The van der Waals surface area contributed by atoms with E-state index in [2.05, 4.69) is 36.5 Å². The lowest BCUT2D eigenvalue weighted by atomic mass is 9.93. The molecule has 1 aliphatic rings. The number of hydrogen-bond acceptors (Lipinski definition) is 2. The van der Waals surface area contributed by atoms with Crippen molar-refractivity contribution in [1.29, 1.82) is 0 Å². The van der Waals surface area contributed by atoms with Gasteiger partial charge in [-0.25, -0.2) is 0 Å². The highest BCUT2D eigenvalue weighted by Gasteiger charge is 2.16. The molecular weight excluding hydrogens is 284 g/mol. The lowest BCUT2D eigenvalue weighted by molar-refractivity contribution is -0.130. The van der Waals surface area contributed by atoms with E-state index in [9.17, 15) is 4.79 Å². The van der Waals surface area contributed by atoms with Crippen molar-refractivity contribution < 1.29 is 4.79 Å². The molecule has 1 aliphatic heterocycles. The fourth-order valence-electron chi connectivity index (χ4n) is 2.74. The molecule has 1 amide bonds. The van der Waals surface area contributed by atoms with Crippen molar-refractivity contribution in [1.82, 2.24) is 10.2 Å². The van der Waals surface area contributed by atoms with Crippen LogP contribution in [0.15, 0.2) is 24.3 Å². The van der Waals surface area contributed by atoms with Crippen LogP contribution in [-0.4, -0.2) is 30.9 Å². The molecule has 3 nitrogen and oxygen atoms in total. The second kappa shape index (κ2) is 9.06. The number of rotatable bonds is 5. The van der Waals surface area contributed by atoms with Gasteiger partial charge < -0.3 is 10.2 Å². The first kappa shape index (κ1) is 18.0. The highest BCUT2D eigenvalue weighted by atomic mass is 35.5. The minimum atomic E-state index is 0. The molecule has 0 spiro atoms. The number of carbonyl (C=O) groups excluding carboxylic acids is 1. The Morgan fingerprint density at radius 2 is 1.86 bits per heavy atom. The number of piperidine rings is 1. The van der Waals surface area contributed by atoms with Crippen molar-refractivity contribution >= 4 is 18.3 Å². The Hall–Kier alpha value is -1.06. The Labute approximate surface area is 134 Å². The van der Waals surface area contributed by atoms with E-state index in [0.29, 0.717) is 13.0 Å². The molecular formula is C17H27ClN2O. The largest absolute Gasteiger partial charge is 0.341 e. The van der Waals surface area contributed by atoms with Gasteiger partial charge in [0.15, 0.2) is 0 Å². The Balaban J connectivity index is 0.00000220. The summed E-state index contributed by atoms with van der Waals surface area (Å²) in [5.41, 5.74) is 2.46. The predicted octanol–water partition coefficient (Wildman–Crippen LogP) is 3.16. The molecule has 0 unspecified atom stereocenters. The summed E-state index contributed by atoms with van der Waals surface area (Å²) in [5.74, 6) is 0.997. The molecule has 0 aliphatic carbocycles. The number of amides is 1. The van der Waals surface area contributed by atoms with Crippen LogP contribution < -0.4 is 5.32 Å². The zero-order valence-electron chi connectivity index (χ0n) is 13.1. The van der Waals surface area contributed by atoms with E-state index in [4.69, 9.17) is 0 Å². The van der Waals surface area contributed by atoms with Gasteiger partial charge in [-0.15, -0.1) is 12.4 Å². The molecule has 118 valence electrons. The minimum absolute atomic E-state index is 0. The van der Waals surface area contributed by atoms with Crippen molar-refractivity contribution in [3.8, 4) is 0 Å². The zero-order chi connectivity index (χ0) is 14.4. The highest BCUT2D eigenvalue weighted by Crippen LogP contribution is 2.18. The van der Waals surface area contributed by atoms with Gasteiger partial charge in [0.05, 0.1) is 0 Å². The summed E-state index contributed by atoms with van der Waals surface area (Å²) in [7, 11) is 1.91. The van der Waals surface area contributed by atoms with Crippen molar-refractivity contribution in [3.05, 3.63) is 35.4 Å². The molecule has 1 N–H and O–H groups in total. The fourth-order valence-corrected chi connectivity index (χ4v) is 2.74. The Kier molecular flexibility index (Phi) is 7.76. The van der Waals surface area contributed by atoms with Crippen molar-refractivity contribution in [2.75, 3.05) is 20.1 Å². The molecule has 0 atom stereocenters. The van der Waals surface area contributed by atoms with Crippen LogP contribution >= 0.6 is 12.4 Å². The third-order valence-electron chi connectivity index (χ3n) is 4.19. The number of benzene rings is 1. The first-order valence-electron chi connectivity index (χ1n) is 7.65. The molecule has 1 heterocycles. The van der Waals surface area contributed by atoms with Crippen LogP contribution in [0.3, 0.4) is 0 Å². The van der Waals surface area contributed by atoms with E-state index >= 15 is 0 Å². The van der Waals surface area contributed by atoms with E-state index in [1.807, 2.05) is 11.9 Å². The van der Waals surface area contributed by atoms with Gasteiger partial charge in [-0.1, -0.05) is 29.8 Å². The smallest absolute Gasteiger partial charge is 0.222 e. The van der Waals surface area contributed by atoms with Crippen molar-refractivity contribution in [3.63, 3.8) is 0 Å². The number of nitrogens with one attached hydrogen (secondary N) is 1. The van der Waals surface area contributed by atoms with Crippen LogP contribution in [0.2, 0.25) is 0 Å². The fraction of sp³-hybridized carbons (Fsp3) is 0.588. The second-order valence-electron chi connectivity index (χ2n) is 5.97. The molecule has 2 rings (SSSR count). The Morgan fingerprint density at radius 1 is 1.24 bits per heavy atom. The monoisotopic (exact) mass is 310 g/mol. The molecule has 1 aromatic rings. The Bertz CT molecular complexity index is 427. The predicted molar refractivity (Wildman–Crippen MR) is 89.7 cm³/mol. The SMILES string of the molecule is Cc1ccc(CN(C)C(=O)CCC2CCNCC2)cc1.Cl. The standard InChI is InChI=1S/C17H26N2O.ClH/c1-14-3-5-16(6-4-14)13-19(2)17(20)8-7-15-9-11-18-12-10-15;/h3-6,15,18H,7-13H2,1-2H3;1H. The summed E-state index contributed by atoms with van der Waals surface area (Å²) in [5, 5.41) is 3.37. The third-order valence-corrected chi connectivity index (χ3v) is 4.19. The third kappa shape index (κ3) is 6.06. The summed E-state index contributed by atoms with van der Waals surface area (Å²) in [6.07, 6.45) is 4.16. The summed E-state index contributed by atoms with van der Waals surface area (Å²) in [6.45, 7) is 5.01. The van der Waals surface area contributed by atoms with Gasteiger partial charge in [-0.3, -0.25) is 4.79 Å². The number of hydrogen-bond donors (Lipinski definition) is 1. The number of nitrogens with zero attached hydrogens (tertiary/aromatic N) is 1. The van der Waals surface area contributed by atoms with E-state index < -0.39 is 0 Å². The van der Waals surface area contributed by atoms with E-state index in [1.54, 1.807) is 0 Å². The van der Waals surface area contributed by atoms with Crippen LogP contribution in [0, 0.1) is 12.8 Å². The first-order valence-corrected chi connectivity index (χ1v) is 7.65. The lowest BCUT2D eigenvalue weighted by Crippen LogP contribution is -2.30. The normalized spacial score (nSPS) is 15.3. The van der Waals surface area contributed by atoms with Gasteiger partial charge in [0.1, 0.15) is 0 Å². The van der Waals surface area contributed by atoms with Crippen LogP contribution in [0.5, 0.6) is 0 Å². The average Bonchev–Trinajstić information content (AvgIpc) is 2.48. The summed E-state index contributed by atoms with van der Waals surface area (Å²) in [4.78, 5) is 14.0. The van der Waals surface area contributed by atoms with Gasteiger partial charge in [0.25, 0.3) is 0 Å². The molecule has 1 aromatic carbocycles. The van der Waals surface area contributed by atoms with Gasteiger partial charge in [0, 0.05) is 20.0 Å². The Morgan fingerprint density at radius 3 is 2.48 bits per heavy atom. The van der Waals surface area contributed by atoms with Crippen LogP contribution in [0.4, 0.5) is 0 Å². The average molecular weight is 311 g/mol. The minimum Gasteiger partial charge on any atom is -0.341 e. The first-order chi connectivity index (χ1) is 9.65. The quantitative estimate of drug-likeness (QED) is 0.906. The molecule has 1 saturated heterocycles. The van der Waals surface area contributed by atoms with Crippen LogP contribution in [0.25, 0.3) is 0 Å². The highest BCUT2D eigenvalue weighted by molar-refractivity contribution is 5.85. The number of halogens is 1. The van der Waals surface area contributed by atoms with Crippen molar-refractivity contribution in [2.45, 2.75) is 39.2 Å². The van der Waals surface area contributed by atoms with Gasteiger partial charge in [-0.2, -0.15) is 0 Å². The summed E-state index contributed by atoms with van der Waals surface area (Å²) >= 11 is 0. The summed E-state index contributed by atoms with van der Waals surface area (Å²) < 4.78 is 0. The topological polar surface area (TPSA) is 32.3 Å². The van der Waals surface area contributed by atoms with E-state index in [-0.39, 0.29) is 18.3 Å². The molecule has 4 heteroatoms. The van der Waals surface area contributed by atoms with Crippen LogP contribution in [0.1, 0.15) is 36.8 Å². The second-order valence-corrected chi connectivity index (χ2v) is 5.97. The maximum atomic E-state index is 12.2. The molecule has 0 aromatic heterocycles. The van der Waals surface area contributed by atoms with Crippen molar-refractivity contribution in [2.24, 2.45) is 5.92 Å². The molecule has 1 fully saturated rings. The maximum absolute atomic E-state index is 12.2. The molecule has 21 heavy (non-hydrogen) atoms. The van der Waals surface area contributed by atoms with E-state index in [1.165, 1.54) is 24.0 Å². The number of aryl methyl sites for hydroxylation is 1. The molecule has 0 saturated carbocycles. The molecule has 0 bridgehead atoms. The van der Waals surface area contributed by atoms with Gasteiger partial charge in [0.2, 0.25) is 5.91 Å². The van der Waals surface area contributed by atoms with E-state index in [0.717, 1.165) is 25.4 Å². The molecule has 0 radical (unpaired) electrons. The lowest BCUT2D eigenvalue weighted by Gasteiger charge is -2.23. The number of carbonyl (C=O) groups is 1. The zero-order valence-corrected chi connectivity index (χ0v) is 13.9. The van der Waals surface area contributed by atoms with Gasteiger partial charge >= 0.3 is 0 Å². The van der Waals surface area contributed by atoms with Crippen LogP contribution in [-0.2, 0) is 11.3 Å². The maximum Gasteiger partial charge on any atom is 0.222 e. The van der Waals surface area contributed by atoms with Gasteiger partial charge in [-0.05, 0) is 50.8 Å².